The number of carbonyl (C=O) groups excluding carboxylic acids is 1. The van der Waals surface area contributed by atoms with Gasteiger partial charge in [0.1, 0.15) is 18.1 Å². The van der Waals surface area contributed by atoms with E-state index in [0.29, 0.717) is 25.4 Å². The van der Waals surface area contributed by atoms with Crippen LogP contribution in [0.2, 0.25) is 0 Å². The summed E-state index contributed by atoms with van der Waals surface area (Å²) in [4.78, 5) is 34.4. The predicted octanol–water partition coefficient (Wildman–Crippen LogP) is 2.24. The molecule has 1 unspecified atom stereocenters. The van der Waals surface area contributed by atoms with Gasteiger partial charge in [-0.15, -0.1) is 0 Å². The number of aromatic nitrogens is 3. The molecule has 156 valence electrons. The molecule has 0 bridgehead atoms. The zero-order valence-corrected chi connectivity index (χ0v) is 16.9. The van der Waals surface area contributed by atoms with Gasteiger partial charge in [0, 0.05) is 31.9 Å². The number of carbonyl (C=O) groups is 1. The zero-order chi connectivity index (χ0) is 20.9. The molecule has 4 rings (SSSR count). The lowest BCUT2D eigenvalue weighted by Crippen LogP contribution is -2.42. The molecule has 30 heavy (non-hydrogen) atoms. The van der Waals surface area contributed by atoms with Crippen LogP contribution in [0, 0.1) is 0 Å². The fourth-order valence-corrected chi connectivity index (χ4v) is 3.70. The Labute approximate surface area is 174 Å². The summed E-state index contributed by atoms with van der Waals surface area (Å²) < 4.78 is 12.5. The van der Waals surface area contributed by atoms with Crippen molar-refractivity contribution in [2.75, 3.05) is 20.2 Å². The molecule has 1 aliphatic rings. The number of ether oxygens (including phenoxy) is 1. The molecule has 0 N–H and O–H groups in total. The summed E-state index contributed by atoms with van der Waals surface area (Å²) in [6, 6.07) is 9.49. The normalized spacial score (nSPS) is 16.4. The second-order valence-electron chi connectivity index (χ2n) is 7.40. The highest BCUT2D eigenvalue weighted by molar-refractivity contribution is 5.76. The SMILES string of the molecule is COc1ccc(Cc2cnc(C3CCCN(C(=O)Cn4cccnc4=O)C3)o2)cc1. The highest BCUT2D eigenvalue weighted by Crippen LogP contribution is 2.27. The third-order valence-electron chi connectivity index (χ3n) is 5.32. The van der Waals surface area contributed by atoms with Gasteiger partial charge in [-0.05, 0) is 36.6 Å². The smallest absolute Gasteiger partial charge is 0.347 e. The largest absolute Gasteiger partial charge is 0.497 e. The Hall–Kier alpha value is -3.42. The van der Waals surface area contributed by atoms with Crippen LogP contribution in [0.25, 0.3) is 0 Å². The monoisotopic (exact) mass is 408 g/mol. The van der Waals surface area contributed by atoms with Crippen molar-refractivity contribution in [3.63, 3.8) is 0 Å². The maximum Gasteiger partial charge on any atom is 0.347 e. The van der Waals surface area contributed by atoms with Crippen molar-refractivity contribution in [2.24, 2.45) is 0 Å². The fraction of sp³-hybridized carbons (Fsp3) is 0.364. The number of amides is 1. The number of nitrogens with zero attached hydrogens (tertiary/aromatic N) is 4. The van der Waals surface area contributed by atoms with Gasteiger partial charge in [-0.1, -0.05) is 12.1 Å². The molecule has 3 aromatic rings. The third-order valence-corrected chi connectivity index (χ3v) is 5.32. The molecule has 0 spiro atoms. The first kappa shape index (κ1) is 19.9. The molecule has 3 heterocycles. The molecule has 8 nitrogen and oxygen atoms in total. The lowest BCUT2D eigenvalue weighted by Gasteiger charge is -2.31. The summed E-state index contributed by atoms with van der Waals surface area (Å²) in [5, 5.41) is 0. The van der Waals surface area contributed by atoms with Crippen molar-refractivity contribution in [3.05, 3.63) is 76.6 Å². The van der Waals surface area contributed by atoms with Gasteiger partial charge in [0.05, 0.1) is 19.2 Å². The molecule has 1 fully saturated rings. The molecule has 1 amide bonds. The second kappa shape index (κ2) is 8.94. The zero-order valence-electron chi connectivity index (χ0n) is 16.9. The number of hydrogen-bond donors (Lipinski definition) is 0. The highest BCUT2D eigenvalue weighted by atomic mass is 16.5. The minimum absolute atomic E-state index is 0.00625. The van der Waals surface area contributed by atoms with Crippen LogP contribution in [0.5, 0.6) is 5.75 Å². The van der Waals surface area contributed by atoms with E-state index in [0.717, 1.165) is 29.9 Å². The summed E-state index contributed by atoms with van der Waals surface area (Å²) in [6.07, 6.45) is 7.19. The summed E-state index contributed by atoms with van der Waals surface area (Å²) >= 11 is 0. The van der Waals surface area contributed by atoms with Gasteiger partial charge in [0.2, 0.25) is 5.91 Å². The second-order valence-corrected chi connectivity index (χ2v) is 7.40. The van der Waals surface area contributed by atoms with Gasteiger partial charge in [0.25, 0.3) is 0 Å². The number of rotatable bonds is 6. The number of oxazole rings is 1. The molecule has 1 aromatic carbocycles. The van der Waals surface area contributed by atoms with Crippen LogP contribution in [0.3, 0.4) is 0 Å². The van der Waals surface area contributed by atoms with E-state index < -0.39 is 5.69 Å². The van der Waals surface area contributed by atoms with E-state index in [-0.39, 0.29) is 18.4 Å². The van der Waals surface area contributed by atoms with E-state index in [1.54, 1.807) is 30.5 Å². The molecule has 0 saturated carbocycles. The first-order valence-corrected chi connectivity index (χ1v) is 9.99. The highest BCUT2D eigenvalue weighted by Gasteiger charge is 2.28. The molecule has 2 aromatic heterocycles. The van der Waals surface area contributed by atoms with Gasteiger partial charge >= 0.3 is 5.69 Å². The molecular weight excluding hydrogens is 384 g/mol. The number of piperidine rings is 1. The first-order chi connectivity index (χ1) is 14.6. The van der Waals surface area contributed by atoms with Crippen LogP contribution < -0.4 is 10.4 Å². The lowest BCUT2D eigenvalue weighted by atomic mass is 9.98. The third kappa shape index (κ3) is 4.59. The fourth-order valence-electron chi connectivity index (χ4n) is 3.70. The Bertz CT molecular complexity index is 1060. The van der Waals surface area contributed by atoms with E-state index >= 15 is 0 Å². The molecule has 1 aliphatic heterocycles. The van der Waals surface area contributed by atoms with E-state index in [9.17, 15) is 9.59 Å². The maximum absolute atomic E-state index is 12.7. The Morgan fingerprint density at radius 2 is 2.10 bits per heavy atom. The Morgan fingerprint density at radius 1 is 1.27 bits per heavy atom. The van der Waals surface area contributed by atoms with Crippen LogP contribution in [0.1, 0.15) is 36.0 Å². The topological polar surface area (TPSA) is 90.5 Å². The summed E-state index contributed by atoms with van der Waals surface area (Å²) in [6.45, 7) is 1.20. The maximum atomic E-state index is 12.7. The van der Waals surface area contributed by atoms with Gasteiger partial charge in [-0.3, -0.25) is 9.36 Å². The molecular formula is C22H24N4O4. The molecule has 1 saturated heterocycles. The predicted molar refractivity (Wildman–Crippen MR) is 109 cm³/mol. The van der Waals surface area contributed by atoms with E-state index in [2.05, 4.69) is 9.97 Å². The number of benzene rings is 1. The minimum atomic E-state index is -0.421. The van der Waals surface area contributed by atoms with Crippen LogP contribution in [-0.4, -0.2) is 45.5 Å². The standard InChI is InChI=1S/C22H24N4O4/c1-29-18-7-5-16(6-8-18)12-19-13-24-21(30-19)17-4-2-10-25(14-17)20(27)15-26-11-3-9-23-22(26)28/h3,5-9,11,13,17H,2,4,10,12,14-15H2,1H3. The summed E-state index contributed by atoms with van der Waals surface area (Å²) in [5.74, 6) is 2.23. The molecule has 1 atom stereocenters. The number of likely N-dealkylation sites (tertiary alicyclic amines) is 1. The first-order valence-electron chi connectivity index (χ1n) is 9.99. The van der Waals surface area contributed by atoms with Gasteiger partial charge in [-0.25, -0.2) is 14.8 Å². The van der Waals surface area contributed by atoms with Crippen LogP contribution in [0.15, 0.2) is 58.1 Å². The Kier molecular flexibility index (Phi) is 5.92. The molecule has 0 aliphatic carbocycles. The quantitative estimate of drug-likeness (QED) is 0.621. The number of hydrogen-bond acceptors (Lipinski definition) is 6. The average Bonchev–Trinajstić information content (AvgIpc) is 3.24. The van der Waals surface area contributed by atoms with Crippen LogP contribution in [0.4, 0.5) is 0 Å². The van der Waals surface area contributed by atoms with Gasteiger partial charge < -0.3 is 14.1 Å². The van der Waals surface area contributed by atoms with Crippen molar-refractivity contribution in [1.82, 2.24) is 19.4 Å². The molecule has 8 heteroatoms. The van der Waals surface area contributed by atoms with E-state index in [1.165, 1.54) is 10.8 Å². The van der Waals surface area contributed by atoms with Crippen molar-refractivity contribution >= 4 is 5.91 Å². The van der Waals surface area contributed by atoms with Crippen molar-refractivity contribution in [3.8, 4) is 5.75 Å². The van der Waals surface area contributed by atoms with Gasteiger partial charge in [0.15, 0.2) is 5.89 Å². The number of methoxy groups -OCH3 is 1. The average molecular weight is 408 g/mol. The van der Waals surface area contributed by atoms with Crippen molar-refractivity contribution < 1.29 is 13.9 Å². The molecule has 0 radical (unpaired) electrons. The Balaban J connectivity index is 1.39. The minimum Gasteiger partial charge on any atom is -0.497 e. The van der Waals surface area contributed by atoms with Crippen molar-refractivity contribution in [2.45, 2.75) is 31.7 Å². The van der Waals surface area contributed by atoms with E-state index in [1.807, 2.05) is 24.3 Å². The Morgan fingerprint density at radius 3 is 2.87 bits per heavy atom. The van der Waals surface area contributed by atoms with E-state index in [4.69, 9.17) is 9.15 Å². The summed E-state index contributed by atoms with van der Waals surface area (Å²) in [5.41, 5.74) is 0.691. The van der Waals surface area contributed by atoms with Crippen molar-refractivity contribution in [1.29, 1.82) is 0 Å². The lowest BCUT2D eigenvalue weighted by molar-refractivity contribution is -0.133. The van der Waals surface area contributed by atoms with Crippen LogP contribution >= 0.6 is 0 Å². The van der Waals surface area contributed by atoms with Crippen LogP contribution in [-0.2, 0) is 17.8 Å². The van der Waals surface area contributed by atoms with Gasteiger partial charge in [-0.2, -0.15) is 0 Å². The summed E-state index contributed by atoms with van der Waals surface area (Å²) in [7, 11) is 1.64.